The number of halogens is 2. The van der Waals surface area contributed by atoms with E-state index in [1.54, 1.807) is 0 Å². The summed E-state index contributed by atoms with van der Waals surface area (Å²) in [5.41, 5.74) is 8.03. The van der Waals surface area contributed by atoms with Crippen molar-refractivity contribution in [2.75, 3.05) is 0 Å². The predicted octanol–water partition coefficient (Wildman–Crippen LogP) is 5.09. The molecule has 2 nitrogen and oxygen atoms in total. The molecular weight excluding hydrogens is 338 g/mol. The van der Waals surface area contributed by atoms with Crippen LogP contribution < -0.4 is 10.5 Å². The highest BCUT2D eigenvalue weighted by Gasteiger charge is 2.09. The molecule has 4 heteroatoms. The van der Waals surface area contributed by atoms with E-state index in [-0.39, 0.29) is 6.04 Å². The van der Waals surface area contributed by atoms with E-state index in [2.05, 4.69) is 15.9 Å². The molecule has 0 aliphatic heterocycles. The van der Waals surface area contributed by atoms with E-state index in [1.807, 2.05) is 50.2 Å². The molecule has 0 spiro atoms. The standard InChI is InChI=1S/C16H17BrClNO/c1-10-7-14(4-5-15(10)17)20-16-6-3-13(18)9-12(16)8-11(2)19/h3-7,9,11H,8,19H2,1-2H3. The Bertz CT molecular complexity index is 613. The Morgan fingerprint density at radius 2 is 2.00 bits per heavy atom. The van der Waals surface area contributed by atoms with Gasteiger partial charge in [0.1, 0.15) is 11.5 Å². The molecule has 0 aliphatic carbocycles. The van der Waals surface area contributed by atoms with E-state index in [1.165, 1.54) is 0 Å². The molecule has 2 N–H and O–H groups in total. The number of aryl methyl sites for hydroxylation is 1. The van der Waals surface area contributed by atoms with E-state index < -0.39 is 0 Å². The zero-order chi connectivity index (χ0) is 14.7. The lowest BCUT2D eigenvalue weighted by atomic mass is 10.1. The van der Waals surface area contributed by atoms with Crippen molar-refractivity contribution in [3.8, 4) is 11.5 Å². The van der Waals surface area contributed by atoms with Gasteiger partial charge in [-0.05, 0) is 67.8 Å². The average Bonchev–Trinajstić information content (AvgIpc) is 2.36. The lowest BCUT2D eigenvalue weighted by Crippen LogP contribution is -2.18. The molecular formula is C16H17BrClNO. The molecule has 0 aromatic heterocycles. The molecule has 0 heterocycles. The van der Waals surface area contributed by atoms with Gasteiger partial charge >= 0.3 is 0 Å². The highest BCUT2D eigenvalue weighted by Crippen LogP contribution is 2.30. The normalized spacial score (nSPS) is 12.2. The number of benzene rings is 2. The number of rotatable bonds is 4. The van der Waals surface area contributed by atoms with Crippen molar-refractivity contribution in [3.05, 3.63) is 57.0 Å². The summed E-state index contributed by atoms with van der Waals surface area (Å²) in [4.78, 5) is 0. The average molecular weight is 355 g/mol. The second kappa shape index (κ2) is 6.61. The third-order valence-corrected chi connectivity index (χ3v) is 4.05. The zero-order valence-corrected chi connectivity index (χ0v) is 13.8. The van der Waals surface area contributed by atoms with Crippen LogP contribution in [0, 0.1) is 6.92 Å². The van der Waals surface area contributed by atoms with Crippen LogP contribution >= 0.6 is 27.5 Å². The van der Waals surface area contributed by atoms with Gasteiger partial charge in [-0.3, -0.25) is 0 Å². The van der Waals surface area contributed by atoms with Crippen LogP contribution in [0.25, 0.3) is 0 Å². The summed E-state index contributed by atoms with van der Waals surface area (Å²) in [5, 5.41) is 0.694. The largest absolute Gasteiger partial charge is 0.457 e. The monoisotopic (exact) mass is 353 g/mol. The van der Waals surface area contributed by atoms with Gasteiger partial charge in [0.25, 0.3) is 0 Å². The maximum absolute atomic E-state index is 6.05. The molecule has 2 aromatic rings. The van der Waals surface area contributed by atoms with Gasteiger partial charge in [-0.2, -0.15) is 0 Å². The molecule has 0 aliphatic rings. The van der Waals surface area contributed by atoms with Gasteiger partial charge in [0.05, 0.1) is 0 Å². The third-order valence-electron chi connectivity index (χ3n) is 2.92. The predicted molar refractivity (Wildman–Crippen MR) is 87.8 cm³/mol. The summed E-state index contributed by atoms with van der Waals surface area (Å²) in [7, 11) is 0. The van der Waals surface area contributed by atoms with E-state index in [0.717, 1.165) is 33.5 Å². The number of nitrogens with two attached hydrogens (primary N) is 1. The van der Waals surface area contributed by atoms with Crippen molar-refractivity contribution in [3.63, 3.8) is 0 Å². The van der Waals surface area contributed by atoms with Crippen molar-refractivity contribution in [2.24, 2.45) is 5.73 Å². The maximum Gasteiger partial charge on any atom is 0.130 e. The lowest BCUT2D eigenvalue weighted by molar-refractivity contribution is 0.473. The fourth-order valence-electron chi connectivity index (χ4n) is 1.96. The summed E-state index contributed by atoms with van der Waals surface area (Å²) in [6.07, 6.45) is 0.728. The first-order valence-corrected chi connectivity index (χ1v) is 7.61. The Labute approximate surface area is 133 Å². The molecule has 1 unspecified atom stereocenters. The van der Waals surface area contributed by atoms with Gasteiger partial charge < -0.3 is 10.5 Å². The minimum atomic E-state index is 0.0578. The summed E-state index contributed by atoms with van der Waals surface area (Å²) >= 11 is 9.53. The minimum absolute atomic E-state index is 0.0578. The summed E-state index contributed by atoms with van der Waals surface area (Å²) in [5.74, 6) is 1.60. The highest BCUT2D eigenvalue weighted by molar-refractivity contribution is 9.10. The fourth-order valence-corrected chi connectivity index (χ4v) is 2.40. The molecule has 0 fully saturated rings. The first-order valence-electron chi connectivity index (χ1n) is 6.43. The van der Waals surface area contributed by atoms with Crippen molar-refractivity contribution < 1.29 is 4.74 Å². The molecule has 0 amide bonds. The first kappa shape index (κ1) is 15.4. The van der Waals surface area contributed by atoms with Gasteiger partial charge in [-0.1, -0.05) is 27.5 Å². The molecule has 2 rings (SSSR count). The van der Waals surface area contributed by atoms with Crippen molar-refractivity contribution >= 4 is 27.5 Å². The smallest absolute Gasteiger partial charge is 0.130 e. The Hall–Kier alpha value is -1.03. The van der Waals surface area contributed by atoms with E-state index in [9.17, 15) is 0 Å². The van der Waals surface area contributed by atoms with Gasteiger partial charge in [-0.25, -0.2) is 0 Å². The first-order chi connectivity index (χ1) is 9.45. The quantitative estimate of drug-likeness (QED) is 0.829. The molecule has 106 valence electrons. The summed E-state index contributed by atoms with van der Waals surface area (Å²) in [6, 6.07) is 11.6. The van der Waals surface area contributed by atoms with Crippen LogP contribution in [0.5, 0.6) is 11.5 Å². The summed E-state index contributed by atoms with van der Waals surface area (Å²) < 4.78 is 7.03. The van der Waals surface area contributed by atoms with Crippen LogP contribution in [0.4, 0.5) is 0 Å². The minimum Gasteiger partial charge on any atom is -0.457 e. The second-order valence-electron chi connectivity index (χ2n) is 4.95. The van der Waals surface area contributed by atoms with Crippen LogP contribution in [-0.2, 0) is 6.42 Å². The number of hydrogen-bond donors (Lipinski definition) is 1. The molecule has 1 atom stereocenters. The fraction of sp³-hybridized carbons (Fsp3) is 0.250. The molecule has 0 saturated heterocycles. The number of ether oxygens (including phenoxy) is 1. The molecule has 0 saturated carbocycles. The SMILES string of the molecule is Cc1cc(Oc2ccc(Cl)cc2CC(C)N)ccc1Br. The Morgan fingerprint density at radius 3 is 2.65 bits per heavy atom. The van der Waals surface area contributed by atoms with Crippen molar-refractivity contribution in [2.45, 2.75) is 26.3 Å². The van der Waals surface area contributed by atoms with Crippen molar-refractivity contribution in [1.29, 1.82) is 0 Å². The third kappa shape index (κ3) is 3.98. The highest BCUT2D eigenvalue weighted by atomic mass is 79.9. The van der Waals surface area contributed by atoms with E-state index in [4.69, 9.17) is 22.1 Å². The molecule has 20 heavy (non-hydrogen) atoms. The van der Waals surface area contributed by atoms with Crippen LogP contribution in [-0.4, -0.2) is 6.04 Å². The van der Waals surface area contributed by atoms with Gasteiger partial charge in [0.2, 0.25) is 0 Å². The zero-order valence-electron chi connectivity index (χ0n) is 11.5. The van der Waals surface area contributed by atoms with E-state index >= 15 is 0 Å². The molecule has 2 aromatic carbocycles. The van der Waals surface area contributed by atoms with E-state index in [0.29, 0.717) is 5.02 Å². The van der Waals surface area contributed by atoms with Gasteiger partial charge in [-0.15, -0.1) is 0 Å². The van der Waals surface area contributed by atoms with Crippen LogP contribution in [0.2, 0.25) is 5.02 Å². The molecule has 0 bridgehead atoms. The summed E-state index contributed by atoms with van der Waals surface area (Å²) in [6.45, 7) is 4.00. The van der Waals surface area contributed by atoms with Gasteiger partial charge in [0.15, 0.2) is 0 Å². The van der Waals surface area contributed by atoms with Gasteiger partial charge in [0, 0.05) is 15.5 Å². The van der Waals surface area contributed by atoms with Crippen LogP contribution in [0.15, 0.2) is 40.9 Å². The lowest BCUT2D eigenvalue weighted by Gasteiger charge is -2.14. The second-order valence-corrected chi connectivity index (χ2v) is 6.24. The number of hydrogen-bond acceptors (Lipinski definition) is 2. The molecule has 0 radical (unpaired) electrons. The van der Waals surface area contributed by atoms with Crippen LogP contribution in [0.3, 0.4) is 0 Å². The topological polar surface area (TPSA) is 35.2 Å². The Morgan fingerprint density at radius 1 is 1.25 bits per heavy atom. The Kier molecular flexibility index (Phi) is 5.08. The van der Waals surface area contributed by atoms with Crippen molar-refractivity contribution in [1.82, 2.24) is 0 Å². The Balaban J connectivity index is 2.30. The maximum atomic E-state index is 6.05. The van der Waals surface area contributed by atoms with Crippen LogP contribution in [0.1, 0.15) is 18.1 Å².